The number of aryl methyl sites for hydroxylation is 1. The van der Waals surface area contributed by atoms with Gasteiger partial charge in [-0.3, -0.25) is 0 Å². The van der Waals surface area contributed by atoms with Gasteiger partial charge in [0.1, 0.15) is 17.7 Å². The van der Waals surface area contributed by atoms with Crippen LogP contribution in [0.5, 0.6) is 0 Å². The van der Waals surface area contributed by atoms with Gasteiger partial charge in [-0.15, -0.1) is 0 Å². The number of anilines is 1. The van der Waals surface area contributed by atoms with E-state index in [4.69, 9.17) is 9.47 Å². The summed E-state index contributed by atoms with van der Waals surface area (Å²) >= 11 is 0. The van der Waals surface area contributed by atoms with Crippen molar-refractivity contribution in [1.29, 1.82) is 0 Å². The average Bonchev–Trinajstić information content (AvgIpc) is 2.38. The maximum Gasteiger partial charge on any atom is 0.130 e. The molecule has 0 amide bonds. The van der Waals surface area contributed by atoms with Gasteiger partial charge in [-0.05, 0) is 14.0 Å². The third-order valence-electron chi connectivity index (χ3n) is 3.07. The maximum absolute atomic E-state index is 5.79. The van der Waals surface area contributed by atoms with E-state index < -0.39 is 0 Å². The Morgan fingerprint density at radius 2 is 2.37 bits per heavy atom. The first-order chi connectivity index (χ1) is 9.19. The largest absolute Gasteiger partial charge is 0.383 e. The number of rotatable bonds is 5. The topological polar surface area (TPSA) is 59.5 Å². The van der Waals surface area contributed by atoms with E-state index in [9.17, 15) is 0 Å². The summed E-state index contributed by atoms with van der Waals surface area (Å²) in [7, 11) is 3.78. The average molecular weight is 266 g/mol. The third-order valence-corrected chi connectivity index (χ3v) is 3.07. The van der Waals surface area contributed by atoms with Crippen LogP contribution in [-0.4, -0.2) is 61.9 Å². The summed E-state index contributed by atoms with van der Waals surface area (Å²) in [5.74, 6) is 1.59. The first-order valence-electron chi connectivity index (χ1n) is 6.57. The van der Waals surface area contributed by atoms with Gasteiger partial charge in [0.2, 0.25) is 0 Å². The number of nitrogens with one attached hydrogen (secondary N) is 1. The first kappa shape index (κ1) is 14.2. The van der Waals surface area contributed by atoms with Crippen LogP contribution in [0.1, 0.15) is 17.6 Å². The molecule has 106 valence electrons. The second kappa shape index (κ2) is 6.79. The molecule has 2 heterocycles. The molecule has 6 nitrogen and oxygen atoms in total. The van der Waals surface area contributed by atoms with Gasteiger partial charge in [0, 0.05) is 32.8 Å². The number of morpholine rings is 1. The Labute approximate surface area is 114 Å². The number of ether oxygens (including phenoxy) is 2. The lowest BCUT2D eigenvalue weighted by Crippen LogP contribution is -2.35. The van der Waals surface area contributed by atoms with Crippen LogP contribution in [0.3, 0.4) is 0 Å². The Balaban J connectivity index is 2.07. The predicted molar refractivity (Wildman–Crippen MR) is 73.3 cm³/mol. The lowest BCUT2D eigenvalue weighted by molar-refractivity contribution is -0.0232. The lowest BCUT2D eigenvalue weighted by Gasteiger charge is -2.29. The highest BCUT2D eigenvalue weighted by molar-refractivity contribution is 5.36. The van der Waals surface area contributed by atoms with Gasteiger partial charge in [-0.25, -0.2) is 9.97 Å². The molecule has 0 saturated carbocycles. The summed E-state index contributed by atoms with van der Waals surface area (Å²) in [6, 6.07) is 1.96. The summed E-state index contributed by atoms with van der Waals surface area (Å²) in [5.41, 5.74) is 0.943. The summed E-state index contributed by atoms with van der Waals surface area (Å²) < 4.78 is 10.8. The predicted octanol–water partition coefficient (Wildman–Crippen LogP) is 0.846. The number of hydrogen-bond acceptors (Lipinski definition) is 6. The van der Waals surface area contributed by atoms with Crippen molar-refractivity contribution in [2.75, 3.05) is 52.3 Å². The summed E-state index contributed by atoms with van der Waals surface area (Å²) in [6.45, 7) is 5.88. The van der Waals surface area contributed by atoms with Crippen molar-refractivity contribution in [1.82, 2.24) is 14.9 Å². The number of methoxy groups -OCH3 is 1. The number of hydrogen-bond donors (Lipinski definition) is 1. The van der Waals surface area contributed by atoms with E-state index in [2.05, 4.69) is 27.2 Å². The smallest absolute Gasteiger partial charge is 0.130 e. The van der Waals surface area contributed by atoms with Crippen LogP contribution in [0.2, 0.25) is 0 Å². The summed E-state index contributed by atoms with van der Waals surface area (Å²) in [6.07, 6.45) is 0.0309. The van der Waals surface area contributed by atoms with E-state index in [-0.39, 0.29) is 6.10 Å². The van der Waals surface area contributed by atoms with Gasteiger partial charge in [0.05, 0.1) is 18.9 Å². The Bertz CT molecular complexity index is 414. The van der Waals surface area contributed by atoms with Crippen molar-refractivity contribution in [2.24, 2.45) is 0 Å². The van der Waals surface area contributed by atoms with Gasteiger partial charge in [-0.1, -0.05) is 0 Å². The highest BCUT2D eigenvalue weighted by atomic mass is 16.5. The van der Waals surface area contributed by atoms with Crippen LogP contribution < -0.4 is 5.32 Å². The molecule has 1 aliphatic heterocycles. The second-order valence-corrected chi connectivity index (χ2v) is 4.77. The van der Waals surface area contributed by atoms with Gasteiger partial charge in [0.25, 0.3) is 0 Å². The molecule has 1 saturated heterocycles. The van der Waals surface area contributed by atoms with Crippen LogP contribution >= 0.6 is 0 Å². The fourth-order valence-electron chi connectivity index (χ4n) is 2.08. The van der Waals surface area contributed by atoms with Crippen molar-refractivity contribution in [3.05, 3.63) is 17.6 Å². The summed E-state index contributed by atoms with van der Waals surface area (Å²) in [4.78, 5) is 11.1. The Hall–Kier alpha value is -1.24. The van der Waals surface area contributed by atoms with Crippen LogP contribution in [0.25, 0.3) is 0 Å². The fourth-order valence-corrected chi connectivity index (χ4v) is 2.08. The van der Waals surface area contributed by atoms with Crippen molar-refractivity contribution < 1.29 is 9.47 Å². The highest BCUT2D eigenvalue weighted by Crippen LogP contribution is 2.21. The Morgan fingerprint density at radius 3 is 3.11 bits per heavy atom. The van der Waals surface area contributed by atoms with E-state index in [0.29, 0.717) is 6.61 Å². The molecule has 1 N–H and O–H groups in total. The molecule has 1 aromatic heterocycles. The molecule has 19 heavy (non-hydrogen) atoms. The Morgan fingerprint density at radius 1 is 1.53 bits per heavy atom. The molecule has 0 radical (unpaired) electrons. The van der Waals surface area contributed by atoms with Crippen molar-refractivity contribution in [2.45, 2.75) is 13.0 Å². The minimum Gasteiger partial charge on any atom is -0.383 e. The molecule has 0 spiro atoms. The quantitative estimate of drug-likeness (QED) is 0.797. The molecule has 0 aliphatic carbocycles. The van der Waals surface area contributed by atoms with Crippen molar-refractivity contribution >= 4 is 5.82 Å². The van der Waals surface area contributed by atoms with E-state index in [0.717, 1.165) is 43.6 Å². The normalized spacial score (nSPS) is 20.5. The van der Waals surface area contributed by atoms with Crippen molar-refractivity contribution in [3.63, 3.8) is 0 Å². The molecule has 1 aromatic rings. The molecule has 1 aliphatic rings. The van der Waals surface area contributed by atoms with Crippen LogP contribution in [0, 0.1) is 6.92 Å². The zero-order chi connectivity index (χ0) is 13.7. The van der Waals surface area contributed by atoms with Gasteiger partial charge in [-0.2, -0.15) is 0 Å². The molecule has 2 rings (SSSR count). The number of likely N-dealkylation sites (N-methyl/N-ethyl adjacent to an activating group) is 1. The minimum absolute atomic E-state index is 0.0309. The molecule has 6 heteroatoms. The molecule has 1 fully saturated rings. The van der Waals surface area contributed by atoms with Gasteiger partial charge < -0.3 is 19.7 Å². The van der Waals surface area contributed by atoms with E-state index in [1.54, 1.807) is 7.11 Å². The summed E-state index contributed by atoms with van der Waals surface area (Å²) in [5, 5.41) is 3.23. The van der Waals surface area contributed by atoms with E-state index >= 15 is 0 Å². The SMILES string of the molecule is COCCNc1cc(C2CN(C)CCO2)nc(C)n1. The number of nitrogens with zero attached hydrogens (tertiary/aromatic N) is 3. The third kappa shape index (κ3) is 4.12. The molecule has 1 unspecified atom stereocenters. The second-order valence-electron chi connectivity index (χ2n) is 4.77. The minimum atomic E-state index is 0.0309. The molecular weight excluding hydrogens is 244 g/mol. The molecule has 0 aromatic carbocycles. The maximum atomic E-state index is 5.79. The monoisotopic (exact) mass is 266 g/mol. The molecule has 1 atom stereocenters. The lowest BCUT2D eigenvalue weighted by atomic mass is 10.2. The zero-order valence-electron chi connectivity index (χ0n) is 11.8. The Kier molecular flexibility index (Phi) is 5.07. The van der Waals surface area contributed by atoms with Crippen LogP contribution in [0.4, 0.5) is 5.82 Å². The fraction of sp³-hybridized carbons (Fsp3) is 0.692. The van der Waals surface area contributed by atoms with Crippen LogP contribution in [0.15, 0.2) is 6.07 Å². The van der Waals surface area contributed by atoms with Gasteiger partial charge >= 0.3 is 0 Å². The highest BCUT2D eigenvalue weighted by Gasteiger charge is 2.21. The zero-order valence-corrected chi connectivity index (χ0v) is 11.8. The van der Waals surface area contributed by atoms with E-state index in [1.165, 1.54) is 0 Å². The van der Waals surface area contributed by atoms with Crippen molar-refractivity contribution in [3.8, 4) is 0 Å². The first-order valence-corrected chi connectivity index (χ1v) is 6.57. The standard InChI is InChI=1S/C13H22N4O2/c1-10-15-11(12-9-17(2)5-7-19-12)8-13(16-10)14-4-6-18-3/h8,12H,4-7,9H2,1-3H3,(H,14,15,16). The number of aromatic nitrogens is 2. The molecule has 0 bridgehead atoms. The molecular formula is C13H22N4O2. The van der Waals surface area contributed by atoms with Crippen LogP contribution in [-0.2, 0) is 9.47 Å². The van der Waals surface area contributed by atoms with Gasteiger partial charge in [0.15, 0.2) is 0 Å². The van der Waals surface area contributed by atoms with E-state index in [1.807, 2.05) is 13.0 Å².